The van der Waals surface area contributed by atoms with Crippen LogP contribution in [0.15, 0.2) is 30.6 Å². The summed E-state index contributed by atoms with van der Waals surface area (Å²) in [6.07, 6.45) is 7.32. The van der Waals surface area contributed by atoms with Gasteiger partial charge in [-0.2, -0.15) is 0 Å². The summed E-state index contributed by atoms with van der Waals surface area (Å²) < 4.78 is 0. The van der Waals surface area contributed by atoms with Crippen LogP contribution in [0.3, 0.4) is 0 Å². The Kier molecular flexibility index (Phi) is 9.48. The molecule has 2 aliphatic heterocycles. The maximum atomic E-state index is 12.9. The van der Waals surface area contributed by atoms with Crippen LogP contribution >= 0.6 is 36.2 Å². The summed E-state index contributed by atoms with van der Waals surface area (Å²) in [7, 11) is 0. The maximum Gasteiger partial charge on any atom is 0.265 e. The molecule has 2 amide bonds. The van der Waals surface area contributed by atoms with E-state index in [0.29, 0.717) is 23.9 Å². The zero-order valence-corrected chi connectivity index (χ0v) is 19.0. The highest BCUT2D eigenvalue weighted by Gasteiger charge is 2.27. The Morgan fingerprint density at radius 3 is 2.80 bits per heavy atom. The van der Waals surface area contributed by atoms with Gasteiger partial charge >= 0.3 is 0 Å². The molecular weight excluding hydrogens is 445 g/mol. The number of carbonyl (C=O) groups excluding carboxylic acids is 2. The maximum absolute atomic E-state index is 12.9. The van der Waals surface area contributed by atoms with E-state index in [1.165, 1.54) is 11.3 Å². The highest BCUT2D eigenvalue weighted by Crippen LogP contribution is 2.26. The second-order valence-electron chi connectivity index (χ2n) is 7.40. The van der Waals surface area contributed by atoms with Gasteiger partial charge in [-0.3, -0.25) is 14.6 Å². The van der Waals surface area contributed by atoms with Crippen LogP contribution in [0.25, 0.3) is 10.7 Å². The summed E-state index contributed by atoms with van der Waals surface area (Å²) in [4.78, 5) is 36.3. The van der Waals surface area contributed by atoms with E-state index in [2.05, 4.69) is 20.6 Å². The van der Waals surface area contributed by atoms with Crippen LogP contribution in [0.5, 0.6) is 0 Å². The number of carbonyl (C=O) groups is 2. The van der Waals surface area contributed by atoms with Crippen LogP contribution in [-0.2, 0) is 4.79 Å². The number of nitrogens with one attached hydrogen (secondary N) is 2. The van der Waals surface area contributed by atoms with E-state index >= 15 is 0 Å². The molecule has 0 spiro atoms. The van der Waals surface area contributed by atoms with E-state index in [9.17, 15) is 9.59 Å². The quantitative estimate of drug-likeness (QED) is 0.699. The van der Waals surface area contributed by atoms with E-state index < -0.39 is 0 Å². The molecule has 2 saturated heterocycles. The molecule has 7 nitrogen and oxygen atoms in total. The Hall–Kier alpha value is -1.74. The number of rotatable bonds is 5. The number of pyridine rings is 1. The fourth-order valence-electron chi connectivity index (χ4n) is 3.83. The predicted octanol–water partition coefficient (Wildman–Crippen LogP) is 2.77. The Morgan fingerprint density at radius 1 is 1.20 bits per heavy atom. The molecular formula is C20H27Cl2N5O2S. The molecule has 2 unspecified atom stereocenters. The first-order valence-electron chi connectivity index (χ1n) is 9.88. The Labute approximate surface area is 192 Å². The first kappa shape index (κ1) is 24.5. The number of likely N-dealkylation sites (tertiary alicyclic amines) is 1. The second kappa shape index (κ2) is 11.6. The average Bonchev–Trinajstić information content (AvgIpc) is 3.45. The molecule has 2 fully saturated rings. The third-order valence-electron chi connectivity index (χ3n) is 5.35. The van der Waals surface area contributed by atoms with Crippen LogP contribution in [0.4, 0.5) is 0 Å². The van der Waals surface area contributed by atoms with Gasteiger partial charge < -0.3 is 15.5 Å². The topological polar surface area (TPSA) is 87.2 Å². The summed E-state index contributed by atoms with van der Waals surface area (Å²) in [5.41, 5.74) is 0.784. The van der Waals surface area contributed by atoms with Gasteiger partial charge in [0.25, 0.3) is 5.91 Å². The third-order valence-corrected chi connectivity index (χ3v) is 6.36. The van der Waals surface area contributed by atoms with Crippen molar-refractivity contribution >= 4 is 48.0 Å². The molecule has 0 saturated carbocycles. The van der Waals surface area contributed by atoms with Crippen LogP contribution in [0.2, 0.25) is 0 Å². The van der Waals surface area contributed by atoms with E-state index in [-0.39, 0.29) is 42.7 Å². The van der Waals surface area contributed by atoms with E-state index in [1.807, 2.05) is 23.1 Å². The molecule has 2 aromatic rings. The molecule has 30 heavy (non-hydrogen) atoms. The highest BCUT2D eigenvalue weighted by atomic mass is 35.5. The summed E-state index contributed by atoms with van der Waals surface area (Å²) >= 11 is 1.38. The smallest absolute Gasteiger partial charge is 0.265 e. The van der Waals surface area contributed by atoms with E-state index in [1.54, 1.807) is 12.4 Å². The van der Waals surface area contributed by atoms with E-state index in [0.717, 1.165) is 49.5 Å². The second-order valence-corrected chi connectivity index (χ2v) is 8.43. The lowest BCUT2D eigenvalue weighted by Crippen LogP contribution is -2.46. The van der Waals surface area contributed by atoms with Crippen molar-refractivity contribution in [2.75, 3.05) is 26.2 Å². The van der Waals surface area contributed by atoms with Gasteiger partial charge in [-0.25, -0.2) is 4.98 Å². The number of thiazole rings is 1. The standard InChI is InChI=1S/C20H25N5O2S.2ClH/c26-18(15-7-3-9-21-15)23-11-14-5-4-10-25(13-14)20(27)17-12-24-19(28-17)16-6-1-2-8-22-16;;/h1-2,6,8,12,14-15,21H,3-5,7,9-11,13H2,(H,23,26);2*1H. The number of aromatic nitrogens is 2. The molecule has 10 heteroatoms. The Morgan fingerprint density at radius 2 is 2.07 bits per heavy atom. The zero-order valence-electron chi connectivity index (χ0n) is 16.6. The van der Waals surface area contributed by atoms with Crippen LogP contribution in [0.1, 0.15) is 35.4 Å². The third kappa shape index (κ3) is 5.91. The first-order chi connectivity index (χ1) is 13.7. The zero-order chi connectivity index (χ0) is 19.3. The molecule has 0 radical (unpaired) electrons. The lowest BCUT2D eigenvalue weighted by molar-refractivity contribution is -0.123. The fraction of sp³-hybridized carbons (Fsp3) is 0.500. The van der Waals surface area contributed by atoms with Gasteiger partial charge in [-0.15, -0.1) is 36.2 Å². The lowest BCUT2D eigenvalue weighted by atomic mass is 9.97. The van der Waals surface area contributed by atoms with E-state index in [4.69, 9.17) is 0 Å². The van der Waals surface area contributed by atoms with Gasteiger partial charge in [-0.05, 0) is 50.3 Å². The monoisotopic (exact) mass is 471 g/mol. The minimum atomic E-state index is -0.0523. The van der Waals surface area contributed by atoms with Gasteiger partial charge in [-0.1, -0.05) is 6.07 Å². The number of hydrogen-bond donors (Lipinski definition) is 2. The van der Waals surface area contributed by atoms with Crippen LogP contribution in [-0.4, -0.2) is 58.9 Å². The van der Waals surface area contributed by atoms with Crippen molar-refractivity contribution in [3.63, 3.8) is 0 Å². The van der Waals surface area contributed by atoms with Gasteiger partial charge in [0.15, 0.2) is 0 Å². The molecule has 0 bridgehead atoms. The highest BCUT2D eigenvalue weighted by molar-refractivity contribution is 7.16. The largest absolute Gasteiger partial charge is 0.354 e. The van der Waals surface area contributed by atoms with Crippen molar-refractivity contribution in [2.45, 2.75) is 31.7 Å². The molecule has 2 aliphatic rings. The molecule has 0 aliphatic carbocycles. The summed E-state index contributed by atoms with van der Waals surface area (Å²) in [5, 5.41) is 7.04. The Bertz CT molecular complexity index is 830. The Balaban J connectivity index is 0.00000160. The van der Waals surface area contributed by atoms with Crippen LogP contribution < -0.4 is 10.6 Å². The van der Waals surface area contributed by atoms with Crippen LogP contribution in [0, 0.1) is 5.92 Å². The summed E-state index contributed by atoms with van der Waals surface area (Å²) in [5.74, 6) is 0.405. The number of amides is 2. The number of halogens is 2. The predicted molar refractivity (Wildman–Crippen MR) is 123 cm³/mol. The van der Waals surface area contributed by atoms with Crippen molar-refractivity contribution in [2.24, 2.45) is 5.92 Å². The van der Waals surface area contributed by atoms with Crippen molar-refractivity contribution in [3.8, 4) is 10.7 Å². The molecule has 2 atom stereocenters. The number of piperidine rings is 1. The lowest BCUT2D eigenvalue weighted by Gasteiger charge is -2.32. The van der Waals surface area contributed by atoms with Crippen molar-refractivity contribution in [1.29, 1.82) is 0 Å². The molecule has 2 aromatic heterocycles. The van der Waals surface area contributed by atoms with Gasteiger partial charge in [0.05, 0.1) is 17.9 Å². The fourth-order valence-corrected chi connectivity index (χ4v) is 4.69. The van der Waals surface area contributed by atoms with Gasteiger partial charge in [0.2, 0.25) is 5.91 Å². The SMILES string of the molecule is Cl.Cl.O=C(NCC1CCCN(C(=O)c2cnc(-c3ccccn3)s2)C1)C1CCCN1. The summed E-state index contributed by atoms with van der Waals surface area (Å²) in [6.45, 7) is 2.97. The first-order valence-corrected chi connectivity index (χ1v) is 10.7. The average molecular weight is 472 g/mol. The van der Waals surface area contributed by atoms with Crippen molar-refractivity contribution < 1.29 is 9.59 Å². The normalized spacial score (nSPS) is 20.7. The minimum Gasteiger partial charge on any atom is -0.354 e. The minimum absolute atomic E-state index is 0. The molecule has 0 aromatic carbocycles. The van der Waals surface area contributed by atoms with Gasteiger partial charge in [0, 0.05) is 25.8 Å². The molecule has 4 heterocycles. The molecule has 2 N–H and O–H groups in total. The van der Waals surface area contributed by atoms with Crippen molar-refractivity contribution in [3.05, 3.63) is 35.5 Å². The molecule has 164 valence electrons. The summed E-state index contributed by atoms with van der Waals surface area (Å²) in [6, 6.07) is 5.61. The van der Waals surface area contributed by atoms with Gasteiger partial charge in [0.1, 0.15) is 9.88 Å². The van der Waals surface area contributed by atoms with Crippen molar-refractivity contribution in [1.82, 2.24) is 25.5 Å². The number of hydrogen-bond acceptors (Lipinski definition) is 6. The number of nitrogens with zero attached hydrogens (tertiary/aromatic N) is 3. The molecule has 4 rings (SSSR count).